The van der Waals surface area contributed by atoms with E-state index < -0.39 is 0 Å². The van der Waals surface area contributed by atoms with E-state index >= 15 is 0 Å². The molecule has 0 saturated heterocycles. The largest absolute Gasteiger partial charge is 0.496 e. The Hall–Kier alpha value is -1.36. The first-order chi connectivity index (χ1) is 9.91. The molecule has 0 aliphatic heterocycles. The first-order valence-corrected chi connectivity index (χ1v) is 8.27. The number of ether oxygens (including phenoxy) is 1. The number of hydrogen-bond donors (Lipinski definition) is 2. The molecule has 0 fully saturated rings. The van der Waals surface area contributed by atoms with Crippen molar-refractivity contribution in [3.63, 3.8) is 0 Å². The lowest BCUT2D eigenvalue weighted by Gasteiger charge is -2.24. The van der Waals surface area contributed by atoms with E-state index in [0.29, 0.717) is 6.54 Å². The second kappa shape index (κ2) is 8.17. The molecule has 0 atom stereocenters. The highest BCUT2D eigenvalue weighted by Crippen LogP contribution is 2.20. The molecule has 5 heteroatoms. The van der Waals surface area contributed by atoms with Crippen LogP contribution in [-0.4, -0.2) is 37.7 Å². The Kier molecular flexibility index (Phi) is 6.89. The standard InChI is InChI=1S/C16H27N3OS/c1-12-7-8-13(14(9-12)20-5)10-18-15(17-4)19-11-16(2,3)21-6/h7-9H,10-11H2,1-6H3,(H2,17,18,19). The predicted octanol–water partition coefficient (Wildman–Crippen LogP) is 2.81. The van der Waals surface area contributed by atoms with Crippen molar-refractivity contribution in [1.29, 1.82) is 0 Å². The number of hydrogen-bond acceptors (Lipinski definition) is 3. The van der Waals surface area contributed by atoms with Gasteiger partial charge in [0.15, 0.2) is 5.96 Å². The van der Waals surface area contributed by atoms with Crippen LogP contribution in [0.5, 0.6) is 5.75 Å². The Morgan fingerprint density at radius 2 is 2.05 bits per heavy atom. The van der Waals surface area contributed by atoms with Crippen molar-refractivity contribution >= 4 is 17.7 Å². The Labute approximate surface area is 132 Å². The van der Waals surface area contributed by atoms with Gasteiger partial charge in [-0.1, -0.05) is 12.1 Å². The molecule has 0 aromatic heterocycles. The average Bonchev–Trinajstić information content (AvgIpc) is 2.48. The van der Waals surface area contributed by atoms with E-state index in [4.69, 9.17) is 4.74 Å². The van der Waals surface area contributed by atoms with Crippen LogP contribution in [0.1, 0.15) is 25.0 Å². The van der Waals surface area contributed by atoms with E-state index in [1.54, 1.807) is 14.2 Å². The highest BCUT2D eigenvalue weighted by molar-refractivity contribution is 7.99. The molecule has 1 rings (SSSR count). The SMILES string of the molecule is CN=C(NCc1ccc(C)cc1OC)NCC(C)(C)SC. The Balaban J connectivity index is 2.60. The number of aryl methyl sites for hydroxylation is 1. The van der Waals surface area contributed by atoms with Crippen LogP contribution in [0, 0.1) is 6.92 Å². The smallest absolute Gasteiger partial charge is 0.191 e. The minimum Gasteiger partial charge on any atom is -0.496 e. The van der Waals surface area contributed by atoms with Crippen LogP contribution < -0.4 is 15.4 Å². The van der Waals surface area contributed by atoms with E-state index in [0.717, 1.165) is 23.8 Å². The Morgan fingerprint density at radius 3 is 2.62 bits per heavy atom. The van der Waals surface area contributed by atoms with Gasteiger partial charge in [-0.05, 0) is 38.7 Å². The number of aliphatic imine (C=N–C) groups is 1. The molecule has 0 radical (unpaired) electrons. The molecule has 0 saturated carbocycles. The van der Waals surface area contributed by atoms with E-state index in [9.17, 15) is 0 Å². The average molecular weight is 309 g/mol. The summed E-state index contributed by atoms with van der Waals surface area (Å²) in [5.74, 6) is 1.71. The van der Waals surface area contributed by atoms with Crippen LogP contribution >= 0.6 is 11.8 Å². The molecule has 0 aliphatic carbocycles. The summed E-state index contributed by atoms with van der Waals surface area (Å²) < 4.78 is 5.60. The highest BCUT2D eigenvalue weighted by atomic mass is 32.2. The maximum atomic E-state index is 5.42. The van der Waals surface area contributed by atoms with Crippen LogP contribution in [0.4, 0.5) is 0 Å². The summed E-state index contributed by atoms with van der Waals surface area (Å²) in [6, 6.07) is 6.22. The minimum atomic E-state index is 0.180. The molecule has 0 amide bonds. The third-order valence-electron chi connectivity index (χ3n) is 3.35. The van der Waals surface area contributed by atoms with Crippen LogP contribution in [-0.2, 0) is 6.54 Å². The second-order valence-corrected chi connectivity index (χ2v) is 7.07. The molecule has 0 spiro atoms. The summed E-state index contributed by atoms with van der Waals surface area (Å²) in [6.07, 6.45) is 2.12. The maximum Gasteiger partial charge on any atom is 0.191 e. The zero-order valence-corrected chi connectivity index (χ0v) is 14.7. The lowest BCUT2D eigenvalue weighted by Crippen LogP contribution is -2.43. The van der Waals surface area contributed by atoms with Crippen LogP contribution in [0.25, 0.3) is 0 Å². The van der Waals surface area contributed by atoms with Crippen molar-refractivity contribution in [3.8, 4) is 5.75 Å². The van der Waals surface area contributed by atoms with E-state index in [1.807, 2.05) is 17.8 Å². The molecule has 1 aromatic rings. The van der Waals surface area contributed by atoms with Gasteiger partial charge in [0, 0.05) is 30.4 Å². The van der Waals surface area contributed by atoms with Crippen molar-refractivity contribution in [2.24, 2.45) is 4.99 Å². The van der Waals surface area contributed by atoms with Gasteiger partial charge in [-0.2, -0.15) is 11.8 Å². The number of nitrogens with one attached hydrogen (secondary N) is 2. The monoisotopic (exact) mass is 309 g/mol. The molecule has 0 aliphatic rings. The summed E-state index contributed by atoms with van der Waals surface area (Å²) >= 11 is 1.84. The van der Waals surface area contributed by atoms with Gasteiger partial charge >= 0.3 is 0 Å². The lowest BCUT2D eigenvalue weighted by atomic mass is 10.1. The fraction of sp³-hybridized carbons (Fsp3) is 0.562. The zero-order valence-electron chi connectivity index (χ0n) is 13.9. The van der Waals surface area contributed by atoms with Crippen LogP contribution in [0.3, 0.4) is 0 Å². The summed E-state index contributed by atoms with van der Waals surface area (Å²) in [6.45, 7) is 8.02. The predicted molar refractivity (Wildman–Crippen MR) is 93.5 cm³/mol. The number of methoxy groups -OCH3 is 1. The summed E-state index contributed by atoms with van der Waals surface area (Å²) in [7, 11) is 3.49. The number of thioether (sulfide) groups is 1. The van der Waals surface area contributed by atoms with Crippen LogP contribution in [0.15, 0.2) is 23.2 Å². The Bertz CT molecular complexity index is 486. The number of guanidine groups is 1. The zero-order chi connectivity index (χ0) is 15.9. The molecule has 0 heterocycles. The second-order valence-electron chi connectivity index (χ2n) is 5.56. The van der Waals surface area contributed by atoms with Gasteiger partial charge in [0.1, 0.15) is 5.75 Å². The van der Waals surface area contributed by atoms with Gasteiger partial charge in [0.2, 0.25) is 0 Å². The van der Waals surface area contributed by atoms with Gasteiger partial charge in [0.25, 0.3) is 0 Å². The fourth-order valence-electron chi connectivity index (χ4n) is 1.77. The fourth-order valence-corrected chi connectivity index (χ4v) is 1.98. The van der Waals surface area contributed by atoms with Gasteiger partial charge in [0.05, 0.1) is 7.11 Å². The highest BCUT2D eigenvalue weighted by Gasteiger charge is 2.16. The molecule has 2 N–H and O–H groups in total. The summed E-state index contributed by atoms with van der Waals surface area (Å²) in [4.78, 5) is 4.26. The molecule has 0 bridgehead atoms. The molecular formula is C16H27N3OS. The van der Waals surface area contributed by atoms with Gasteiger partial charge in [-0.3, -0.25) is 4.99 Å². The quantitative estimate of drug-likeness (QED) is 0.626. The van der Waals surface area contributed by atoms with E-state index in [1.165, 1.54) is 5.56 Å². The first-order valence-electron chi connectivity index (χ1n) is 7.05. The number of benzene rings is 1. The molecular weight excluding hydrogens is 282 g/mol. The van der Waals surface area contributed by atoms with Crippen molar-refractivity contribution in [1.82, 2.24) is 10.6 Å². The van der Waals surface area contributed by atoms with Gasteiger partial charge in [-0.15, -0.1) is 0 Å². The Morgan fingerprint density at radius 1 is 1.33 bits per heavy atom. The van der Waals surface area contributed by atoms with E-state index in [-0.39, 0.29) is 4.75 Å². The maximum absolute atomic E-state index is 5.42. The normalized spacial score (nSPS) is 12.2. The van der Waals surface area contributed by atoms with Gasteiger partial charge in [-0.25, -0.2) is 0 Å². The lowest BCUT2D eigenvalue weighted by molar-refractivity contribution is 0.408. The molecule has 118 valence electrons. The number of nitrogens with zero attached hydrogens (tertiary/aromatic N) is 1. The van der Waals surface area contributed by atoms with E-state index in [2.05, 4.69) is 54.8 Å². The van der Waals surface area contributed by atoms with Crippen molar-refractivity contribution < 1.29 is 4.74 Å². The molecule has 4 nitrogen and oxygen atoms in total. The topological polar surface area (TPSA) is 45.7 Å². The minimum absolute atomic E-state index is 0.180. The molecule has 1 aromatic carbocycles. The molecule has 21 heavy (non-hydrogen) atoms. The van der Waals surface area contributed by atoms with Crippen molar-refractivity contribution in [2.75, 3.05) is 27.0 Å². The number of rotatable bonds is 6. The van der Waals surface area contributed by atoms with Gasteiger partial charge < -0.3 is 15.4 Å². The summed E-state index contributed by atoms with van der Waals surface area (Å²) in [5, 5.41) is 6.68. The third-order valence-corrected chi connectivity index (χ3v) is 4.60. The first kappa shape index (κ1) is 17.7. The molecule has 0 unspecified atom stereocenters. The van der Waals surface area contributed by atoms with Crippen molar-refractivity contribution in [3.05, 3.63) is 29.3 Å². The van der Waals surface area contributed by atoms with Crippen LogP contribution in [0.2, 0.25) is 0 Å². The third kappa shape index (κ3) is 5.87. The summed E-state index contributed by atoms with van der Waals surface area (Å²) in [5.41, 5.74) is 2.31. The van der Waals surface area contributed by atoms with Crippen molar-refractivity contribution in [2.45, 2.75) is 32.1 Å².